The molecule has 2 aliphatic rings. The van der Waals surface area contributed by atoms with Crippen molar-refractivity contribution in [3.63, 3.8) is 0 Å². The molecule has 0 spiro atoms. The number of ether oxygens (including phenoxy) is 1. The molecule has 1 aromatic heterocycles. The number of amides is 4. The Labute approximate surface area is 220 Å². The van der Waals surface area contributed by atoms with Crippen molar-refractivity contribution in [2.24, 2.45) is 0 Å². The Hall–Kier alpha value is -4.59. The molecule has 6 rings (SSSR count). The molecule has 2 N–H and O–H groups in total. The van der Waals surface area contributed by atoms with Gasteiger partial charge >= 0.3 is 6.03 Å². The Bertz CT molecular complexity index is 1580. The highest BCUT2D eigenvalue weighted by atomic mass is 16.5. The molecule has 38 heavy (non-hydrogen) atoms. The summed E-state index contributed by atoms with van der Waals surface area (Å²) in [6.07, 6.45) is 1.16. The number of aromatic nitrogens is 1. The molecular formula is C30H28N4O4. The van der Waals surface area contributed by atoms with Crippen molar-refractivity contribution in [2.45, 2.75) is 31.8 Å². The number of imide groups is 1. The lowest BCUT2D eigenvalue weighted by Gasteiger charge is -2.36. The standard InChI is InChI=1S/C30H28N4O4/c1-3-15-31-28(35)21-12-5-7-14-24(21)34-29(36)25-17-22-20-11-4-6-13-23(20)32-26(22)27(33(25)30(34)37)18-9-8-10-19(16-18)38-2/h4-14,16,25,27,32H,3,15,17H2,1-2H3,(H,31,35)/t25-,27+/m0/s1. The van der Waals surface area contributed by atoms with Gasteiger partial charge in [-0.25, -0.2) is 9.69 Å². The summed E-state index contributed by atoms with van der Waals surface area (Å²) in [5.41, 5.74) is 4.28. The third-order valence-electron chi connectivity index (χ3n) is 7.38. The number of nitrogens with one attached hydrogen (secondary N) is 2. The number of anilines is 1. The van der Waals surface area contributed by atoms with Crippen LogP contribution in [0.5, 0.6) is 5.75 Å². The summed E-state index contributed by atoms with van der Waals surface area (Å²) in [5.74, 6) is 0.0121. The van der Waals surface area contributed by atoms with E-state index >= 15 is 0 Å². The number of aromatic amines is 1. The summed E-state index contributed by atoms with van der Waals surface area (Å²) >= 11 is 0. The van der Waals surface area contributed by atoms with E-state index in [1.807, 2.05) is 55.5 Å². The van der Waals surface area contributed by atoms with Crippen molar-refractivity contribution < 1.29 is 19.1 Å². The normalized spacial score (nSPS) is 18.5. The minimum Gasteiger partial charge on any atom is -0.497 e. The average Bonchev–Trinajstić information content (AvgIpc) is 3.44. The van der Waals surface area contributed by atoms with Gasteiger partial charge < -0.3 is 15.0 Å². The molecule has 0 saturated carbocycles. The van der Waals surface area contributed by atoms with Crippen molar-refractivity contribution in [1.82, 2.24) is 15.2 Å². The highest BCUT2D eigenvalue weighted by Crippen LogP contribution is 2.45. The zero-order chi connectivity index (χ0) is 26.4. The van der Waals surface area contributed by atoms with Crippen molar-refractivity contribution in [2.75, 3.05) is 18.6 Å². The lowest BCUT2D eigenvalue weighted by molar-refractivity contribution is -0.120. The van der Waals surface area contributed by atoms with Gasteiger partial charge in [0.25, 0.3) is 11.8 Å². The van der Waals surface area contributed by atoms with E-state index in [9.17, 15) is 14.4 Å². The second-order valence-electron chi connectivity index (χ2n) is 9.60. The molecular weight excluding hydrogens is 480 g/mol. The Morgan fingerprint density at radius 3 is 2.66 bits per heavy atom. The number of carbonyl (C=O) groups excluding carboxylic acids is 3. The van der Waals surface area contributed by atoms with Crippen molar-refractivity contribution >= 4 is 34.4 Å². The highest BCUT2D eigenvalue weighted by molar-refractivity contribution is 6.24. The average molecular weight is 509 g/mol. The van der Waals surface area contributed by atoms with Crippen LogP contribution in [0.4, 0.5) is 10.5 Å². The smallest absolute Gasteiger partial charge is 0.332 e. The molecule has 0 radical (unpaired) electrons. The van der Waals surface area contributed by atoms with Crippen LogP contribution >= 0.6 is 0 Å². The fraction of sp³-hybridized carbons (Fsp3) is 0.233. The fourth-order valence-corrected chi connectivity index (χ4v) is 5.65. The van der Waals surface area contributed by atoms with E-state index in [1.165, 1.54) is 4.90 Å². The molecule has 2 atom stereocenters. The summed E-state index contributed by atoms with van der Waals surface area (Å²) in [6, 6.07) is 20.6. The molecule has 192 valence electrons. The summed E-state index contributed by atoms with van der Waals surface area (Å²) in [4.78, 5) is 47.5. The molecule has 1 fully saturated rings. The summed E-state index contributed by atoms with van der Waals surface area (Å²) in [6.45, 7) is 2.47. The van der Waals surface area contributed by atoms with Gasteiger partial charge in [-0.2, -0.15) is 0 Å². The maximum Gasteiger partial charge on any atom is 0.332 e. The zero-order valence-corrected chi connectivity index (χ0v) is 21.2. The van der Waals surface area contributed by atoms with Crippen LogP contribution in [0, 0.1) is 0 Å². The Morgan fingerprint density at radius 1 is 1.05 bits per heavy atom. The van der Waals surface area contributed by atoms with Crippen LogP contribution in [0.25, 0.3) is 10.9 Å². The number of carbonyl (C=O) groups is 3. The van der Waals surface area contributed by atoms with Crippen molar-refractivity contribution in [3.05, 3.63) is 95.2 Å². The summed E-state index contributed by atoms with van der Waals surface area (Å²) in [5, 5.41) is 3.90. The molecule has 2 aliphatic heterocycles. The number of rotatable bonds is 6. The van der Waals surface area contributed by atoms with E-state index in [4.69, 9.17) is 4.74 Å². The van der Waals surface area contributed by atoms with Gasteiger partial charge in [0.1, 0.15) is 17.8 Å². The molecule has 0 aliphatic carbocycles. The van der Waals surface area contributed by atoms with Gasteiger partial charge in [0.2, 0.25) is 0 Å². The molecule has 0 bridgehead atoms. The van der Waals surface area contributed by atoms with Crippen LogP contribution in [-0.2, 0) is 11.2 Å². The monoisotopic (exact) mass is 508 g/mol. The highest BCUT2D eigenvalue weighted by Gasteiger charge is 2.53. The van der Waals surface area contributed by atoms with Crippen molar-refractivity contribution in [1.29, 1.82) is 0 Å². The van der Waals surface area contributed by atoms with E-state index in [-0.39, 0.29) is 11.8 Å². The van der Waals surface area contributed by atoms with Crippen LogP contribution in [-0.4, -0.2) is 47.4 Å². The number of methoxy groups -OCH3 is 1. The second kappa shape index (κ2) is 9.37. The number of hydrogen-bond acceptors (Lipinski definition) is 4. The van der Waals surface area contributed by atoms with Crippen LogP contribution in [0.3, 0.4) is 0 Å². The number of hydrogen-bond donors (Lipinski definition) is 2. The number of urea groups is 1. The summed E-state index contributed by atoms with van der Waals surface area (Å²) in [7, 11) is 1.60. The first-order valence-corrected chi connectivity index (χ1v) is 12.8. The number of para-hydroxylation sites is 2. The molecule has 8 heteroatoms. The molecule has 4 amide bonds. The first-order chi connectivity index (χ1) is 18.5. The number of H-pyrrole nitrogens is 1. The van der Waals surface area contributed by atoms with Gasteiger partial charge in [0.05, 0.1) is 18.4 Å². The van der Waals surface area contributed by atoms with Crippen LogP contribution in [0.2, 0.25) is 0 Å². The lowest BCUT2D eigenvalue weighted by atomic mass is 9.89. The minimum absolute atomic E-state index is 0.295. The third kappa shape index (κ3) is 3.63. The Balaban J connectivity index is 1.50. The molecule has 3 heterocycles. The van der Waals surface area contributed by atoms with Gasteiger partial charge in [-0.1, -0.05) is 49.4 Å². The first-order valence-electron chi connectivity index (χ1n) is 12.8. The van der Waals surface area contributed by atoms with Gasteiger partial charge in [0.15, 0.2) is 0 Å². The second-order valence-corrected chi connectivity index (χ2v) is 9.60. The van der Waals surface area contributed by atoms with Gasteiger partial charge in [0, 0.05) is 29.6 Å². The molecule has 8 nitrogen and oxygen atoms in total. The SMILES string of the molecule is CCCNC(=O)c1ccccc1N1C(=O)[C@@H]2Cc3c([nH]c4ccccc34)[C@@H](c3cccc(OC)c3)N2C1=O. The maximum absolute atomic E-state index is 14.2. The van der Waals surface area contributed by atoms with Gasteiger partial charge in [-0.3, -0.25) is 14.5 Å². The number of benzene rings is 3. The largest absolute Gasteiger partial charge is 0.497 e. The lowest BCUT2D eigenvalue weighted by Crippen LogP contribution is -2.44. The van der Waals surface area contributed by atoms with Gasteiger partial charge in [-0.05, 0) is 47.9 Å². The topological polar surface area (TPSA) is 94.7 Å². The molecule has 3 aromatic carbocycles. The van der Waals surface area contributed by atoms with Gasteiger partial charge in [-0.15, -0.1) is 0 Å². The molecule has 0 unspecified atom stereocenters. The molecule has 4 aromatic rings. The van der Waals surface area contributed by atoms with Crippen LogP contribution < -0.4 is 15.0 Å². The van der Waals surface area contributed by atoms with Crippen molar-refractivity contribution in [3.8, 4) is 5.75 Å². The molecule has 1 saturated heterocycles. The van der Waals surface area contributed by atoms with E-state index in [2.05, 4.69) is 10.3 Å². The number of nitrogens with zero attached hydrogens (tertiary/aromatic N) is 2. The Morgan fingerprint density at radius 2 is 1.84 bits per heavy atom. The van der Waals surface area contributed by atoms with E-state index in [1.54, 1.807) is 36.3 Å². The van der Waals surface area contributed by atoms with Crippen LogP contribution in [0.15, 0.2) is 72.8 Å². The minimum atomic E-state index is -0.711. The zero-order valence-electron chi connectivity index (χ0n) is 21.2. The van der Waals surface area contributed by atoms with E-state index in [0.717, 1.165) is 34.1 Å². The fourth-order valence-electron chi connectivity index (χ4n) is 5.65. The first kappa shape index (κ1) is 23.8. The number of fused-ring (bicyclic) bond motifs is 4. The third-order valence-corrected chi connectivity index (χ3v) is 7.38. The maximum atomic E-state index is 14.2. The quantitative estimate of drug-likeness (QED) is 0.366. The van der Waals surface area contributed by atoms with E-state index in [0.29, 0.717) is 30.0 Å². The Kier molecular flexibility index (Phi) is 5.87. The predicted molar refractivity (Wildman–Crippen MR) is 144 cm³/mol. The predicted octanol–water partition coefficient (Wildman–Crippen LogP) is 4.80. The summed E-state index contributed by atoms with van der Waals surface area (Å²) < 4.78 is 5.48. The van der Waals surface area contributed by atoms with E-state index < -0.39 is 18.1 Å². The van der Waals surface area contributed by atoms with Crippen LogP contribution in [0.1, 0.15) is 46.6 Å².